The van der Waals surface area contributed by atoms with Gasteiger partial charge in [0.1, 0.15) is 5.65 Å². The SMILES string of the molecule is Cc1cn2cc(C3=CC(=O)N4C=C(N5CCN[C@H](C)C5)C=CC4P3)cc(C3CC3)c2n1. The Labute approximate surface area is 184 Å². The summed E-state index contributed by atoms with van der Waals surface area (Å²) in [6, 6.07) is 2.76. The molecule has 7 heteroatoms. The monoisotopic (exact) mass is 433 g/mol. The predicted octanol–water partition coefficient (Wildman–Crippen LogP) is 3.41. The van der Waals surface area contributed by atoms with E-state index in [0.29, 0.717) is 20.5 Å². The maximum Gasteiger partial charge on any atom is 0.252 e. The Hall–Kier alpha value is -2.43. The van der Waals surface area contributed by atoms with Crippen LogP contribution in [0.15, 0.2) is 48.6 Å². The fourth-order valence-electron chi connectivity index (χ4n) is 4.88. The molecular weight excluding hydrogens is 405 g/mol. The van der Waals surface area contributed by atoms with Crippen molar-refractivity contribution in [2.75, 3.05) is 19.6 Å². The third-order valence-electron chi connectivity index (χ3n) is 6.61. The van der Waals surface area contributed by atoms with Gasteiger partial charge in [-0.25, -0.2) is 4.98 Å². The lowest BCUT2D eigenvalue weighted by atomic mass is 10.1. The zero-order valence-electron chi connectivity index (χ0n) is 18.0. The molecule has 1 amide bonds. The summed E-state index contributed by atoms with van der Waals surface area (Å²) in [6.45, 7) is 7.18. The van der Waals surface area contributed by atoms with Gasteiger partial charge < -0.3 is 19.5 Å². The quantitative estimate of drug-likeness (QED) is 0.754. The number of aromatic nitrogens is 2. The van der Waals surface area contributed by atoms with E-state index in [4.69, 9.17) is 4.98 Å². The van der Waals surface area contributed by atoms with E-state index in [1.54, 1.807) is 0 Å². The number of piperazine rings is 1. The van der Waals surface area contributed by atoms with Crippen LogP contribution in [-0.2, 0) is 4.79 Å². The van der Waals surface area contributed by atoms with Crippen molar-refractivity contribution in [3.05, 3.63) is 65.4 Å². The molecule has 6 rings (SSSR count). The number of carbonyl (C=O) groups excluding carboxylic acids is 1. The number of hydrogen-bond acceptors (Lipinski definition) is 4. The summed E-state index contributed by atoms with van der Waals surface area (Å²) in [7, 11) is 0.538. The number of allylic oxidation sites excluding steroid dienone is 1. The molecule has 2 unspecified atom stereocenters. The average molecular weight is 433 g/mol. The van der Waals surface area contributed by atoms with Crippen LogP contribution in [0, 0.1) is 6.92 Å². The van der Waals surface area contributed by atoms with Crippen LogP contribution in [-0.4, -0.2) is 56.6 Å². The first-order valence-electron chi connectivity index (χ1n) is 11.2. The van der Waals surface area contributed by atoms with Gasteiger partial charge in [0.2, 0.25) is 0 Å². The molecule has 0 radical (unpaired) electrons. The number of nitrogens with one attached hydrogen (secondary N) is 1. The Balaban J connectivity index is 1.31. The van der Waals surface area contributed by atoms with Crippen molar-refractivity contribution in [2.45, 2.75) is 44.4 Å². The van der Waals surface area contributed by atoms with Gasteiger partial charge in [-0.1, -0.05) is 14.7 Å². The number of imidazole rings is 1. The number of aryl methyl sites for hydroxylation is 1. The van der Waals surface area contributed by atoms with E-state index in [0.717, 1.165) is 47.6 Å². The molecule has 160 valence electrons. The second-order valence-electron chi connectivity index (χ2n) is 9.18. The first-order valence-corrected chi connectivity index (χ1v) is 12.3. The van der Waals surface area contributed by atoms with Gasteiger partial charge in [-0.05, 0) is 61.2 Å². The molecule has 5 heterocycles. The highest BCUT2D eigenvalue weighted by Gasteiger charge is 2.32. The third-order valence-corrected chi connectivity index (χ3v) is 8.12. The average Bonchev–Trinajstić information content (AvgIpc) is 3.53. The van der Waals surface area contributed by atoms with E-state index in [1.165, 1.54) is 18.4 Å². The highest BCUT2D eigenvalue weighted by atomic mass is 31.1. The minimum atomic E-state index is 0.0821. The molecule has 1 saturated heterocycles. The molecule has 2 fully saturated rings. The van der Waals surface area contributed by atoms with Gasteiger partial charge in [0, 0.05) is 50.3 Å². The second kappa shape index (κ2) is 7.32. The molecule has 2 aromatic heterocycles. The standard InChI is InChI=1S/C24H28N5OP/c1-15-11-27(8-7-25-15)19-5-6-23-29(14-19)22(30)10-21(31-23)18-9-20(17-3-4-17)24-26-16(2)12-28(24)13-18/h5-6,9-10,12-15,17,23,25,31H,3-4,7-8,11H2,1-2H3/t15-,23?/m1/s1. The summed E-state index contributed by atoms with van der Waals surface area (Å²) in [5, 5.41) is 4.63. The summed E-state index contributed by atoms with van der Waals surface area (Å²) in [5.74, 6) is 0.810. The summed E-state index contributed by atoms with van der Waals surface area (Å²) < 4.78 is 2.15. The number of pyridine rings is 1. The van der Waals surface area contributed by atoms with Crippen molar-refractivity contribution >= 4 is 25.4 Å². The molecule has 0 spiro atoms. The Morgan fingerprint density at radius 1 is 1.26 bits per heavy atom. The Bertz CT molecular complexity index is 1160. The lowest BCUT2D eigenvalue weighted by Gasteiger charge is -2.39. The molecule has 4 aliphatic rings. The number of fused-ring (bicyclic) bond motifs is 2. The van der Waals surface area contributed by atoms with Crippen molar-refractivity contribution in [3.63, 3.8) is 0 Å². The van der Waals surface area contributed by atoms with E-state index in [1.807, 2.05) is 17.9 Å². The van der Waals surface area contributed by atoms with E-state index < -0.39 is 0 Å². The molecule has 3 atom stereocenters. The van der Waals surface area contributed by atoms with Gasteiger partial charge in [0.15, 0.2) is 0 Å². The maximum atomic E-state index is 13.1. The van der Waals surface area contributed by atoms with Crippen LogP contribution in [0.2, 0.25) is 0 Å². The maximum absolute atomic E-state index is 13.1. The van der Waals surface area contributed by atoms with Crippen molar-refractivity contribution in [3.8, 4) is 0 Å². The zero-order valence-corrected chi connectivity index (χ0v) is 19.0. The molecule has 0 bridgehead atoms. The van der Waals surface area contributed by atoms with Gasteiger partial charge in [0.05, 0.1) is 17.2 Å². The Kier molecular flexibility index (Phi) is 4.55. The van der Waals surface area contributed by atoms with Crippen LogP contribution in [0.3, 0.4) is 0 Å². The summed E-state index contributed by atoms with van der Waals surface area (Å²) >= 11 is 0. The van der Waals surface area contributed by atoms with Crippen molar-refractivity contribution in [1.29, 1.82) is 0 Å². The van der Waals surface area contributed by atoms with Gasteiger partial charge in [0.25, 0.3) is 5.91 Å². The molecule has 2 aromatic rings. The van der Waals surface area contributed by atoms with E-state index in [9.17, 15) is 4.79 Å². The van der Waals surface area contributed by atoms with Crippen LogP contribution >= 0.6 is 8.58 Å². The summed E-state index contributed by atoms with van der Waals surface area (Å²) in [5.41, 5.74) is 5.76. The smallest absolute Gasteiger partial charge is 0.252 e. The first kappa shape index (κ1) is 19.3. The van der Waals surface area contributed by atoms with Crippen LogP contribution in [0.4, 0.5) is 0 Å². The molecule has 3 aliphatic heterocycles. The van der Waals surface area contributed by atoms with Gasteiger partial charge in [-0.3, -0.25) is 4.79 Å². The van der Waals surface area contributed by atoms with E-state index in [2.05, 4.69) is 58.4 Å². The van der Waals surface area contributed by atoms with Crippen LogP contribution in [0.1, 0.15) is 42.5 Å². The van der Waals surface area contributed by atoms with Crippen LogP contribution in [0.25, 0.3) is 11.0 Å². The molecule has 1 saturated carbocycles. The lowest BCUT2D eigenvalue weighted by molar-refractivity contribution is -0.123. The molecule has 1 aliphatic carbocycles. The summed E-state index contributed by atoms with van der Waals surface area (Å²) in [4.78, 5) is 22.2. The third kappa shape index (κ3) is 3.52. The number of nitrogens with zero attached hydrogens (tertiary/aromatic N) is 4. The minimum Gasteiger partial charge on any atom is -0.368 e. The molecule has 31 heavy (non-hydrogen) atoms. The number of carbonyl (C=O) groups is 1. The Morgan fingerprint density at radius 3 is 2.94 bits per heavy atom. The number of hydrogen-bond donors (Lipinski definition) is 1. The van der Waals surface area contributed by atoms with E-state index >= 15 is 0 Å². The fraction of sp³-hybridized carbons (Fsp3) is 0.417. The van der Waals surface area contributed by atoms with Crippen LogP contribution < -0.4 is 5.32 Å². The number of rotatable bonds is 3. The Morgan fingerprint density at radius 2 is 2.13 bits per heavy atom. The van der Waals surface area contributed by atoms with Gasteiger partial charge in [-0.15, -0.1) is 0 Å². The molecular formula is C24H28N5OP. The fourth-order valence-corrected chi connectivity index (χ4v) is 6.24. The summed E-state index contributed by atoms with van der Waals surface area (Å²) in [6.07, 6.45) is 15.1. The molecule has 6 nitrogen and oxygen atoms in total. The largest absolute Gasteiger partial charge is 0.368 e. The van der Waals surface area contributed by atoms with Crippen LogP contribution in [0.5, 0.6) is 0 Å². The van der Waals surface area contributed by atoms with Crippen molar-refractivity contribution in [2.24, 2.45) is 0 Å². The molecule has 0 aromatic carbocycles. The van der Waals surface area contributed by atoms with Gasteiger partial charge >= 0.3 is 0 Å². The van der Waals surface area contributed by atoms with Crippen molar-refractivity contribution < 1.29 is 4.79 Å². The van der Waals surface area contributed by atoms with E-state index in [-0.39, 0.29) is 11.7 Å². The highest BCUT2D eigenvalue weighted by molar-refractivity contribution is 7.51. The van der Waals surface area contributed by atoms with Gasteiger partial charge in [-0.2, -0.15) is 0 Å². The normalized spacial score (nSPS) is 27.0. The van der Waals surface area contributed by atoms with Crippen molar-refractivity contribution in [1.82, 2.24) is 24.5 Å². The minimum absolute atomic E-state index is 0.0821. The lowest BCUT2D eigenvalue weighted by Crippen LogP contribution is -2.49. The number of amides is 1. The predicted molar refractivity (Wildman–Crippen MR) is 125 cm³/mol. The second-order valence-corrected chi connectivity index (χ2v) is 10.6. The highest BCUT2D eigenvalue weighted by Crippen LogP contribution is 2.47. The molecule has 1 N–H and O–H groups in total. The first-order chi connectivity index (χ1) is 15.0. The topological polar surface area (TPSA) is 52.9 Å². The zero-order chi connectivity index (χ0) is 21.1.